The van der Waals surface area contributed by atoms with Gasteiger partial charge in [-0.2, -0.15) is 10.2 Å². The highest BCUT2D eigenvalue weighted by Gasteiger charge is 2.18. The number of amides is 2. The first-order valence-corrected chi connectivity index (χ1v) is 16.3. The molecule has 0 aliphatic carbocycles. The van der Waals surface area contributed by atoms with Crippen LogP contribution in [0.15, 0.2) is 58.8 Å². The number of azo groups is 1. The Morgan fingerprint density at radius 3 is 1.04 bits per heavy atom. The van der Waals surface area contributed by atoms with Crippen LogP contribution in [0.2, 0.25) is 0 Å². The van der Waals surface area contributed by atoms with E-state index in [1.807, 2.05) is 0 Å². The van der Waals surface area contributed by atoms with Crippen LogP contribution in [0.4, 0.5) is 11.4 Å². The van der Waals surface area contributed by atoms with Crippen LogP contribution in [-0.4, -0.2) is 124 Å². The van der Waals surface area contributed by atoms with Gasteiger partial charge in [-0.05, 0) is 76.2 Å². The van der Waals surface area contributed by atoms with Gasteiger partial charge in [0.1, 0.15) is 0 Å². The molecular formula is C34H46N6O10. The molecule has 0 aliphatic rings. The molecule has 2 N–H and O–H groups in total. The number of ether oxygens (including phenoxy) is 4. The van der Waals surface area contributed by atoms with Crippen LogP contribution in [0.25, 0.3) is 0 Å². The molecule has 0 aromatic heterocycles. The van der Waals surface area contributed by atoms with E-state index in [9.17, 15) is 28.8 Å². The van der Waals surface area contributed by atoms with Gasteiger partial charge < -0.3 is 29.6 Å². The van der Waals surface area contributed by atoms with Gasteiger partial charge in [0.05, 0.1) is 64.0 Å². The zero-order valence-electron chi connectivity index (χ0n) is 29.0. The van der Waals surface area contributed by atoms with E-state index in [1.54, 1.807) is 86.0 Å². The molecule has 2 aromatic carbocycles. The lowest BCUT2D eigenvalue weighted by molar-refractivity contribution is -0.149. The topological polar surface area (TPSA) is 195 Å². The van der Waals surface area contributed by atoms with Crippen LogP contribution in [0, 0.1) is 0 Å². The lowest BCUT2D eigenvalue weighted by Gasteiger charge is -2.20. The molecule has 0 aliphatic heterocycles. The Morgan fingerprint density at radius 1 is 0.500 bits per heavy atom. The smallest absolute Gasteiger partial charge is 0.320 e. The molecule has 0 saturated heterocycles. The minimum absolute atomic E-state index is 0.114. The molecule has 16 nitrogen and oxygen atoms in total. The molecule has 0 spiro atoms. The van der Waals surface area contributed by atoms with E-state index in [0.717, 1.165) is 0 Å². The summed E-state index contributed by atoms with van der Waals surface area (Å²) < 4.78 is 19.8. The van der Waals surface area contributed by atoms with Crippen LogP contribution >= 0.6 is 0 Å². The third-order valence-electron chi connectivity index (χ3n) is 6.60. The van der Waals surface area contributed by atoms with Crippen LogP contribution in [0.1, 0.15) is 48.4 Å². The van der Waals surface area contributed by atoms with Crippen molar-refractivity contribution in [1.29, 1.82) is 0 Å². The van der Waals surface area contributed by atoms with E-state index in [2.05, 4.69) is 20.9 Å². The molecule has 50 heavy (non-hydrogen) atoms. The lowest BCUT2D eigenvalue weighted by Crippen LogP contribution is -2.41. The van der Waals surface area contributed by atoms with Crippen molar-refractivity contribution in [2.75, 3.05) is 78.8 Å². The van der Waals surface area contributed by atoms with Crippen LogP contribution in [0.5, 0.6) is 0 Å². The zero-order chi connectivity index (χ0) is 36.7. The second-order valence-electron chi connectivity index (χ2n) is 10.4. The van der Waals surface area contributed by atoms with Crippen molar-refractivity contribution < 1.29 is 47.7 Å². The van der Waals surface area contributed by atoms with E-state index in [0.29, 0.717) is 22.5 Å². The summed E-state index contributed by atoms with van der Waals surface area (Å²) in [6.45, 7) is 7.97. The standard InChI is InChI=1S/C34H46N6O10/c1-5-47-29(41)21-39(22-30(42)48-6-2)19-17-35-33(45)25-9-13-27(14-10-25)37-38-28-15-11-26(12-16-28)34(46)36-18-20-40(23-31(43)49-7-3)24-32(44)50-8-4/h9-16H,5-8,17-24H2,1-4H3,(H,35,45)(H,36,46). The van der Waals surface area contributed by atoms with Gasteiger partial charge in [-0.3, -0.25) is 38.6 Å². The average molecular weight is 699 g/mol. The monoisotopic (exact) mass is 698 g/mol. The van der Waals surface area contributed by atoms with Crippen LogP contribution in [-0.2, 0) is 38.1 Å². The maximum atomic E-state index is 12.6. The second-order valence-corrected chi connectivity index (χ2v) is 10.4. The summed E-state index contributed by atoms with van der Waals surface area (Å²) in [4.78, 5) is 76.0. The van der Waals surface area contributed by atoms with Crippen LogP contribution < -0.4 is 10.6 Å². The zero-order valence-corrected chi connectivity index (χ0v) is 29.0. The largest absolute Gasteiger partial charge is 0.465 e. The molecule has 272 valence electrons. The highest BCUT2D eigenvalue weighted by Crippen LogP contribution is 2.19. The Bertz CT molecular complexity index is 1290. The first-order chi connectivity index (χ1) is 24.1. The first-order valence-electron chi connectivity index (χ1n) is 16.3. The van der Waals surface area contributed by atoms with E-state index < -0.39 is 23.9 Å². The fraction of sp³-hybridized carbons (Fsp3) is 0.471. The number of hydrogen-bond donors (Lipinski definition) is 2. The van der Waals surface area contributed by atoms with Gasteiger partial charge in [0, 0.05) is 37.3 Å². The van der Waals surface area contributed by atoms with Crippen molar-refractivity contribution in [2.24, 2.45) is 10.2 Å². The quantitative estimate of drug-likeness (QED) is 0.104. The molecule has 0 saturated carbocycles. The Kier molecular flexibility index (Phi) is 19.0. The van der Waals surface area contributed by atoms with E-state index >= 15 is 0 Å². The Balaban J connectivity index is 1.86. The molecule has 2 aromatic rings. The van der Waals surface area contributed by atoms with Gasteiger partial charge in [-0.15, -0.1) is 0 Å². The number of esters is 4. The molecule has 0 radical (unpaired) electrons. The molecule has 0 fully saturated rings. The third kappa shape index (κ3) is 16.3. The number of carbonyl (C=O) groups excluding carboxylic acids is 6. The summed E-state index contributed by atoms with van der Waals surface area (Å²) in [7, 11) is 0. The molecule has 2 amide bonds. The van der Waals surface area contributed by atoms with Crippen molar-refractivity contribution in [2.45, 2.75) is 27.7 Å². The number of nitrogens with zero attached hydrogens (tertiary/aromatic N) is 4. The highest BCUT2D eigenvalue weighted by atomic mass is 16.5. The van der Waals surface area contributed by atoms with Gasteiger partial charge >= 0.3 is 23.9 Å². The maximum absolute atomic E-state index is 12.6. The summed E-state index contributed by atoms with van der Waals surface area (Å²) in [5, 5.41) is 13.9. The third-order valence-corrected chi connectivity index (χ3v) is 6.60. The van der Waals surface area contributed by atoms with Gasteiger partial charge in [0.2, 0.25) is 0 Å². The molecule has 0 heterocycles. The number of rotatable bonds is 22. The Morgan fingerprint density at radius 2 is 0.780 bits per heavy atom. The van der Waals surface area contributed by atoms with Gasteiger partial charge in [0.25, 0.3) is 11.8 Å². The molecule has 16 heteroatoms. The van der Waals surface area contributed by atoms with E-state index in [4.69, 9.17) is 18.9 Å². The number of hydrogen-bond acceptors (Lipinski definition) is 14. The SMILES string of the molecule is CCOC(=O)CN(CCNC(=O)c1ccc(N=Nc2ccc(C(=O)NCCN(CC(=O)OCC)CC(=O)OCC)cc2)cc1)CC(=O)OCC. The molecule has 0 unspecified atom stereocenters. The summed E-state index contributed by atoms with van der Waals surface area (Å²) in [6.07, 6.45) is 0. The van der Waals surface area contributed by atoms with E-state index in [1.165, 1.54) is 0 Å². The fourth-order valence-corrected chi connectivity index (χ4v) is 4.32. The number of nitrogens with one attached hydrogen (secondary N) is 2. The Hall–Kier alpha value is -5.22. The Labute approximate surface area is 291 Å². The van der Waals surface area contributed by atoms with Crippen LogP contribution in [0.3, 0.4) is 0 Å². The lowest BCUT2D eigenvalue weighted by atomic mass is 10.2. The predicted molar refractivity (Wildman–Crippen MR) is 181 cm³/mol. The second kappa shape index (κ2) is 23.2. The predicted octanol–water partition coefficient (Wildman–Crippen LogP) is 2.42. The summed E-state index contributed by atoms with van der Waals surface area (Å²) in [5.74, 6) is -2.61. The molecule has 0 bridgehead atoms. The number of benzene rings is 2. The fourth-order valence-electron chi connectivity index (χ4n) is 4.32. The highest BCUT2D eigenvalue weighted by molar-refractivity contribution is 5.95. The average Bonchev–Trinajstić information content (AvgIpc) is 3.08. The molecule has 2 rings (SSSR count). The summed E-state index contributed by atoms with van der Waals surface area (Å²) in [5.41, 5.74) is 1.75. The van der Waals surface area contributed by atoms with Crippen molar-refractivity contribution >= 4 is 47.1 Å². The summed E-state index contributed by atoms with van der Waals surface area (Å²) in [6, 6.07) is 12.9. The molecular weight excluding hydrogens is 652 g/mol. The summed E-state index contributed by atoms with van der Waals surface area (Å²) >= 11 is 0. The number of carbonyl (C=O) groups is 6. The van der Waals surface area contributed by atoms with Gasteiger partial charge in [0.15, 0.2) is 0 Å². The van der Waals surface area contributed by atoms with Crippen molar-refractivity contribution in [1.82, 2.24) is 20.4 Å². The van der Waals surface area contributed by atoms with Gasteiger partial charge in [-0.1, -0.05) is 0 Å². The molecule has 0 atom stereocenters. The minimum Gasteiger partial charge on any atom is -0.465 e. The minimum atomic E-state index is -0.480. The normalized spacial score (nSPS) is 10.9. The van der Waals surface area contributed by atoms with Crippen molar-refractivity contribution in [3.8, 4) is 0 Å². The maximum Gasteiger partial charge on any atom is 0.320 e. The van der Waals surface area contributed by atoms with Crippen molar-refractivity contribution in [3.63, 3.8) is 0 Å². The van der Waals surface area contributed by atoms with Gasteiger partial charge in [-0.25, -0.2) is 0 Å². The van der Waals surface area contributed by atoms with Crippen molar-refractivity contribution in [3.05, 3.63) is 59.7 Å². The first kappa shape index (κ1) is 41.0. The van der Waals surface area contributed by atoms with E-state index in [-0.39, 0.29) is 90.6 Å².